The first-order valence-corrected chi connectivity index (χ1v) is 20.8. The Morgan fingerprint density at radius 2 is 0.557 bits per heavy atom. The van der Waals surface area contributed by atoms with Crippen LogP contribution in [0.25, 0.3) is 78.7 Å². The summed E-state index contributed by atoms with van der Waals surface area (Å²) in [6.45, 7) is 0. The van der Waals surface area contributed by atoms with Crippen LogP contribution < -0.4 is 0 Å². The Balaban J connectivity index is 0.972. The third-order valence-corrected chi connectivity index (χ3v) is 12.0. The van der Waals surface area contributed by atoms with E-state index in [9.17, 15) is 0 Å². The molecule has 0 N–H and O–H groups in total. The topological polar surface area (TPSA) is 38.7 Å². The lowest BCUT2D eigenvalue weighted by Gasteiger charge is -2.34. The lowest BCUT2D eigenvalue weighted by atomic mass is 9.67. The van der Waals surface area contributed by atoms with Gasteiger partial charge in [0.05, 0.1) is 5.41 Å². The molecule has 3 heteroatoms. The van der Waals surface area contributed by atoms with Crippen LogP contribution in [0.1, 0.15) is 22.3 Å². The van der Waals surface area contributed by atoms with Crippen molar-refractivity contribution in [2.24, 2.45) is 0 Å². The first-order valence-electron chi connectivity index (χ1n) is 20.8. The molecule has 286 valence electrons. The SMILES string of the molecule is c1ccc(-c2ccc(-c3cccc(-c4nc(-c5ccccc5)nc(-c5cccc(-c6ccc(C7(c8ccccc8)c8ccccc8-c8ccccc87)cc6)c5)n4)c3)cc2)cc1. The Bertz CT molecular complexity index is 3110. The van der Waals surface area contributed by atoms with E-state index < -0.39 is 5.41 Å². The molecule has 0 atom stereocenters. The summed E-state index contributed by atoms with van der Waals surface area (Å²) >= 11 is 0. The van der Waals surface area contributed by atoms with Crippen molar-refractivity contribution in [3.05, 3.63) is 259 Å². The predicted octanol–water partition coefficient (Wildman–Crippen LogP) is 14.2. The number of aromatic nitrogens is 3. The van der Waals surface area contributed by atoms with Gasteiger partial charge in [-0.15, -0.1) is 0 Å². The van der Waals surface area contributed by atoms with Gasteiger partial charge in [0.25, 0.3) is 0 Å². The van der Waals surface area contributed by atoms with E-state index in [1.807, 2.05) is 24.3 Å². The molecule has 0 amide bonds. The van der Waals surface area contributed by atoms with Gasteiger partial charge in [-0.2, -0.15) is 0 Å². The second-order valence-corrected chi connectivity index (χ2v) is 15.6. The number of fused-ring (bicyclic) bond motifs is 3. The monoisotopic (exact) mass is 777 g/mol. The molecule has 0 radical (unpaired) electrons. The molecule has 0 bridgehead atoms. The fourth-order valence-electron chi connectivity index (χ4n) is 9.14. The van der Waals surface area contributed by atoms with Gasteiger partial charge in [0.1, 0.15) is 0 Å². The van der Waals surface area contributed by atoms with Crippen LogP contribution in [0.4, 0.5) is 0 Å². The normalized spacial score (nSPS) is 12.4. The van der Waals surface area contributed by atoms with Crippen LogP contribution in [-0.2, 0) is 5.41 Å². The largest absolute Gasteiger partial charge is 0.208 e. The van der Waals surface area contributed by atoms with Gasteiger partial charge in [-0.1, -0.05) is 224 Å². The van der Waals surface area contributed by atoms with Gasteiger partial charge >= 0.3 is 0 Å². The predicted molar refractivity (Wildman–Crippen MR) is 250 cm³/mol. The Morgan fingerprint density at radius 1 is 0.230 bits per heavy atom. The highest BCUT2D eigenvalue weighted by molar-refractivity contribution is 5.86. The van der Waals surface area contributed by atoms with Gasteiger partial charge in [0.15, 0.2) is 17.5 Å². The molecule has 0 saturated carbocycles. The maximum Gasteiger partial charge on any atom is 0.164 e. The molecular weight excluding hydrogens is 739 g/mol. The van der Waals surface area contributed by atoms with Crippen LogP contribution in [0, 0.1) is 0 Å². The first kappa shape index (κ1) is 36.1. The summed E-state index contributed by atoms with van der Waals surface area (Å²) in [4.78, 5) is 15.3. The molecule has 0 spiro atoms. The van der Waals surface area contributed by atoms with Gasteiger partial charge in [-0.3, -0.25) is 0 Å². The molecule has 1 aliphatic rings. The smallest absolute Gasteiger partial charge is 0.164 e. The van der Waals surface area contributed by atoms with Crippen LogP contribution in [0.2, 0.25) is 0 Å². The van der Waals surface area contributed by atoms with E-state index in [1.165, 1.54) is 44.5 Å². The summed E-state index contributed by atoms with van der Waals surface area (Å²) in [5.74, 6) is 1.89. The summed E-state index contributed by atoms with van der Waals surface area (Å²) in [5, 5.41) is 0. The highest BCUT2D eigenvalue weighted by Crippen LogP contribution is 2.56. The Hall–Kier alpha value is -8.01. The summed E-state index contributed by atoms with van der Waals surface area (Å²) in [6.07, 6.45) is 0. The third kappa shape index (κ3) is 6.44. The number of hydrogen-bond donors (Lipinski definition) is 0. The second kappa shape index (κ2) is 15.3. The average molecular weight is 778 g/mol. The van der Waals surface area contributed by atoms with Gasteiger partial charge in [0.2, 0.25) is 0 Å². The maximum absolute atomic E-state index is 5.15. The van der Waals surface area contributed by atoms with Crippen molar-refractivity contribution < 1.29 is 0 Å². The molecule has 9 aromatic carbocycles. The van der Waals surface area contributed by atoms with Crippen molar-refractivity contribution in [3.8, 4) is 78.7 Å². The van der Waals surface area contributed by atoms with Crippen molar-refractivity contribution in [1.29, 1.82) is 0 Å². The summed E-state index contributed by atoms with van der Waals surface area (Å²) < 4.78 is 0. The average Bonchev–Trinajstić information content (AvgIpc) is 3.66. The van der Waals surface area contributed by atoms with Gasteiger partial charge < -0.3 is 0 Å². The number of hydrogen-bond acceptors (Lipinski definition) is 3. The molecule has 0 aliphatic heterocycles. The quantitative estimate of drug-likeness (QED) is 0.154. The zero-order valence-electron chi connectivity index (χ0n) is 33.4. The number of nitrogens with zero attached hydrogens (tertiary/aromatic N) is 3. The minimum atomic E-state index is -0.438. The van der Waals surface area contributed by atoms with E-state index in [1.54, 1.807) is 0 Å². The molecular formula is C58H39N3. The van der Waals surface area contributed by atoms with Crippen LogP contribution in [0.3, 0.4) is 0 Å². The lowest BCUT2D eigenvalue weighted by Crippen LogP contribution is -2.28. The zero-order chi connectivity index (χ0) is 40.6. The molecule has 0 unspecified atom stereocenters. The number of benzene rings is 9. The Kier molecular flexibility index (Phi) is 9.05. The van der Waals surface area contributed by atoms with Crippen molar-refractivity contribution >= 4 is 0 Å². The minimum absolute atomic E-state index is 0.438. The fourth-order valence-corrected chi connectivity index (χ4v) is 9.14. The van der Waals surface area contributed by atoms with E-state index in [2.05, 4.69) is 212 Å². The van der Waals surface area contributed by atoms with Crippen LogP contribution >= 0.6 is 0 Å². The van der Waals surface area contributed by atoms with Gasteiger partial charge in [-0.25, -0.2) is 15.0 Å². The van der Waals surface area contributed by atoms with Crippen molar-refractivity contribution in [1.82, 2.24) is 15.0 Å². The highest BCUT2D eigenvalue weighted by Gasteiger charge is 2.45. The summed E-state index contributed by atoms with van der Waals surface area (Å²) in [7, 11) is 0. The second-order valence-electron chi connectivity index (χ2n) is 15.6. The molecule has 1 aliphatic carbocycles. The van der Waals surface area contributed by atoms with E-state index in [0.717, 1.165) is 38.9 Å². The van der Waals surface area contributed by atoms with Crippen molar-refractivity contribution in [3.63, 3.8) is 0 Å². The van der Waals surface area contributed by atoms with E-state index in [0.29, 0.717) is 17.5 Å². The van der Waals surface area contributed by atoms with Crippen LogP contribution in [0.5, 0.6) is 0 Å². The maximum atomic E-state index is 5.15. The molecule has 0 fully saturated rings. The zero-order valence-corrected chi connectivity index (χ0v) is 33.4. The molecule has 1 aromatic heterocycles. The Morgan fingerprint density at radius 3 is 1.07 bits per heavy atom. The highest BCUT2D eigenvalue weighted by atomic mass is 15.0. The van der Waals surface area contributed by atoms with Crippen molar-refractivity contribution in [2.45, 2.75) is 5.41 Å². The molecule has 1 heterocycles. The van der Waals surface area contributed by atoms with Crippen LogP contribution in [-0.4, -0.2) is 15.0 Å². The van der Waals surface area contributed by atoms with Gasteiger partial charge in [-0.05, 0) is 78.9 Å². The third-order valence-electron chi connectivity index (χ3n) is 12.0. The summed E-state index contributed by atoms with van der Waals surface area (Å²) in [5.41, 5.74) is 16.9. The van der Waals surface area contributed by atoms with E-state index >= 15 is 0 Å². The molecule has 10 aromatic rings. The van der Waals surface area contributed by atoms with E-state index in [4.69, 9.17) is 15.0 Å². The minimum Gasteiger partial charge on any atom is -0.208 e. The lowest BCUT2D eigenvalue weighted by molar-refractivity contribution is 0.768. The van der Waals surface area contributed by atoms with E-state index in [-0.39, 0.29) is 0 Å². The Labute approximate surface area is 356 Å². The fraction of sp³-hybridized carbons (Fsp3) is 0.0172. The molecule has 11 rings (SSSR count). The number of rotatable bonds is 8. The molecule has 0 saturated heterocycles. The molecule has 3 nitrogen and oxygen atoms in total. The molecule has 61 heavy (non-hydrogen) atoms. The summed E-state index contributed by atoms with van der Waals surface area (Å²) in [6, 6.07) is 84.2. The van der Waals surface area contributed by atoms with Crippen molar-refractivity contribution in [2.75, 3.05) is 0 Å². The van der Waals surface area contributed by atoms with Gasteiger partial charge in [0, 0.05) is 16.7 Å². The standard InChI is InChI=1S/C58H39N3/c1-4-16-40(17-5-1)41-30-32-42(33-31-41)45-20-14-22-47(38-45)56-59-55(44-18-6-2-7-19-44)60-57(61-56)48-23-15-21-46(39-48)43-34-36-50(37-35-43)58(49-24-8-3-9-25-49)53-28-12-10-26-51(53)52-27-11-13-29-54(52)58/h1-39H. The van der Waals surface area contributed by atoms with Crippen LogP contribution in [0.15, 0.2) is 237 Å². The first-order chi connectivity index (χ1) is 30.2.